The molecule has 28 heavy (non-hydrogen) atoms. The zero-order valence-electron chi connectivity index (χ0n) is 16.8. The van der Waals surface area contributed by atoms with E-state index in [1.165, 1.54) is 0 Å². The maximum Gasteiger partial charge on any atom is 0.323 e. The average Bonchev–Trinajstić information content (AvgIpc) is 3.05. The number of carbonyl (C=O) groups is 2. The fourth-order valence-electron chi connectivity index (χ4n) is 3.21. The number of para-hydroxylation sites is 2. The summed E-state index contributed by atoms with van der Waals surface area (Å²) in [4.78, 5) is 27.0. The quantitative estimate of drug-likeness (QED) is 0.809. The first kappa shape index (κ1) is 19.7. The van der Waals surface area contributed by atoms with Crippen LogP contribution in [0.4, 0.5) is 21.9 Å². The molecule has 1 aliphatic rings. The van der Waals surface area contributed by atoms with Crippen molar-refractivity contribution in [3.8, 4) is 5.75 Å². The summed E-state index contributed by atoms with van der Waals surface area (Å²) in [6.07, 6.45) is 0.825. The first-order valence-corrected chi connectivity index (χ1v) is 9.54. The summed E-state index contributed by atoms with van der Waals surface area (Å²) in [5.41, 5.74) is 2.77. The lowest BCUT2D eigenvalue weighted by Crippen LogP contribution is -2.38. The Hall–Kier alpha value is -3.02. The van der Waals surface area contributed by atoms with Gasteiger partial charge in [-0.15, -0.1) is 0 Å². The predicted molar refractivity (Wildman–Crippen MR) is 112 cm³/mol. The van der Waals surface area contributed by atoms with Crippen molar-refractivity contribution in [2.24, 2.45) is 5.41 Å². The topological polar surface area (TPSA) is 70.7 Å². The number of hydrogen-bond donors (Lipinski definition) is 2. The van der Waals surface area contributed by atoms with Crippen LogP contribution in [-0.4, -0.2) is 25.1 Å². The largest absolute Gasteiger partial charge is 0.492 e. The number of carbonyl (C=O) groups excluding carboxylic acids is 2. The minimum Gasteiger partial charge on any atom is -0.492 e. The van der Waals surface area contributed by atoms with Gasteiger partial charge in [-0.1, -0.05) is 39.0 Å². The monoisotopic (exact) mass is 381 g/mol. The van der Waals surface area contributed by atoms with Gasteiger partial charge in [0.15, 0.2) is 0 Å². The Morgan fingerprint density at radius 1 is 1.11 bits per heavy atom. The van der Waals surface area contributed by atoms with Crippen LogP contribution in [0.1, 0.15) is 33.3 Å². The molecular formula is C22H27N3O3. The first-order valence-electron chi connectivity index (χ1n) is 9.54. The zero-order valence-corrected chi connectivity index (χ0v) is 16.8. The van der Waals surface area contributed by atoms with E-state index in [9.17, 15) is 9.59 Å². The Balaban J connectivity index is 1.74. The highest BCUT2D eigenvalue weighted by atomic mass is 16.5. The Morgan fingerprint density at radius 2 is 1.86 bits per heavy atom. The molecule has 0 unspecified atom stereocenters. The Morgan fingerprint density at radius 3 is 2.57 bits per heavy atom. The third kappa shape index (κ3) is 4.27. The van der Waals surface area contributed by atoms with Crippen LogP contribution < -0.4 is 20.3 Å². The van der Waals surface area contributed by atoms with Gasteiger partial charge in [-0.2, -0.15) is 0 Å². The SMILES string of the molecule is CCOc1ccccc1NC(=O)Nc1ccc2c(c1)N(C(=O)C(C)(C)C)CC2. The number of hydrogen-bond acceptors (Lipinski definition) is 3. The van der Waals surface area contributed by atoms with E-state index in [-0.39, 0.29) is 11.9 Å². The van der Waals surface area contributed by atoms with Crippen LogP contribution >= 0.6 is 0 Å². The number of benzene rings is 2. The molecule has 0 spiro atoms. The summed E-state index contributed by atoms with van der Waals surface area (Å²) in [6, 6.07) is 12.6. The highest BCUT2D eigenvalue weighted by molar-refractivity contribution is 6.02. The molecule has 3 rings (SSSR count). The lowest BCUT2D eigenvalue weighted by molar-refractivity contribution is -0.125. The van der Waals surface area contributed by atoms with Crippen LogP contribution in [-0.2, 0) is 11.2 Å². The third-order valence-electron chi connectivity index (χ3n) is 4.56. The summed E-state index contributed by atoms with van der Waals surface area (Å²) >= 11 is 0. The minimum atomic E-state index is -0.453. The molecule has 2 aromatic rings. The number of amides is 3. The normalized spacial score (nSPS) is 13.1. The van der Waals surface area contributed by atoms with Gasteiger partial charge in [-0.3, -0.25) is 4.79 Å². The molecule has 2 aromatic carbocycles. The molecule has 0 radical (unpaired) electrons. The van der Waals surface area contributed by atoms with E-state index in [2.05, 4.69) is 10.6 Å². The first-order chi connectivity index (χ1) is 13.3. The molecule has 1 aliphatic heterocycles. The molecule has 6 heteroatoms. The van der Waals surface area contributed by atoms with Gasteiger partial charge >= 0.3 is 6.03 Å². The highest BCUT2D eigenvalue weighted by Gasteiger charge is 2.32. The van der Waals surface area contributed by atoms with E-state index in [0.717, 1.165) is 17.7 Å². The van der Waals surface area contributed by atoms with Gasteiger partial charge in [0.05, 0.1) is 12.3 Å². The minimum absolute atomic E-state index is 0.0819. The molecule has 0 saturated heterocycles. The standard InChI is InChI=1S/C22H27N3O3/c1-5-28-19-9-7-6-8-17(19)24-21(27)23-16-11-10-15-12-13-25(18(15)14-16)20(26)22(2,3)4/h6-11,14H,5,12-13H2,1-4H3,(H2,23,24,27). The fourth-order valence-corrected chi connectivity index (χ4v) is 3.21. The summed E-state index contributed by atoms with van der Waals surface area (Å²) in [5.74, 6) is 0.703. The fraction of sp³-hybridized carbons (Fsp3) is 0.364. The van der Waals surface area contributed by atoms with Crippen LogP contribution in [0.2, 0.25) is 0 Å². The molecule has 148 valence electrons. The van der Waals surface area contributed by atoms with E-state index in [1.807, 2.05) is 69.0 Å². The van der Waals surface area contributed by atoms with Crippen LogP contribution in [0, 0.1) is 5.41 Å². The van der Waals surface area contributed by atoms with Gasteiger partial charge in [0.2, 0.25) is 5.91 Å². The number of nitrogens with zero attached hydrogens (tertiary/aromatic N) is 1. The van der Waals surface area contributed by atoms with Gasteiger partial charge in [0.1, 0.15) is 5.75 Å². The van der Waals surface area contributed by atoms with Crippen molar-refractivity contribution >= 4 is 29.0 Å². The van der Waals surface area contributed by atoms with Gasteiger partial charge in [0.25, 0.3) is 0 Å². The van der Waals surface area contributed by atoms with Gasteiger partial charge in [-0.05, 0) is 43.2 Å². The average molecular weight is 381 g/mol. The maximum absolute atomic E-state index is 12.7. The second-order valence-electron chi connectivity index (χ2n) is 7.81. The number of fused-ring (bicyclic) bond motifs is 1. The van der Waals surface area contributed by atoms with E-state index < -0.39 is 5.41 Å². The molecule has 1 heterocycles. The second kappa shape index (κ2) is 7.92. The summed E-state index contributed by atoms with van der Waals surface area (Å²) in [5, 5.41) is 5.66. The van der Waals surface area contributed by atoms with Gasteiger partial charge in [-0.25, -0.2) is 4.79 Å². The van der Waals surface area contributed by atoms with Crippen molar-refractivity contribution in [1.29, 1.82) is 0 Å². The Labute approximate surface area is 165 Å². The maximum atomic E-state index is 12.7. The number of rotatable bonds is 4. The molecule has 3 amide bonds. The number of urea groups is 1. The molecule has 0 bridgehead atoms. The van der Waals surface area contributed by atoms with E-state index >= 15 is 0 Å². The van der Waals surface area contributed by atoms with Crippen LogP contribution in [0.5, 0.6) is 5.75 Å². The number of ether oxygens (including phenoxy) is 1. The third-order valence-corrected chi connectivity index (χ3v) is 4.56. The van der Waals surface area contributed by atoms with E-state index in [0.29, 0.717) is 30.3 Å². The molecule has 0 atom stereocenters. The lowest BCUT2D eigenvalue weighted by atomic mass is 9.94. The van der Waals surface area contributed by atoms with Crippen LogP contribution in [0.15, 0.2) is 42.5 Å². The van der Waals surface area contributed by atoms with Crippen LogP contribution in [0.3, 0.4) is 0 Å². The summed E-state index contributed by atoms with van der Waals surface area (Å²) < 4.78 is 5.53. The van der Waals surface area contributed by atoms with E-state index in [1.54, 1.807) is 6.07 Å². The summed E-state index contributed by atoms with van der Waals surface area (Å²) in [7, 11) is 0. The molecule has 0 aliphatic carbocycles. The number of anilines is 3. The molecule has 0 saturated carbocycles. The van der Waals surface area contributed by atoms with Crippen molar-refractivity contribution in [3.05, 3.63) is 48.0 Å². The molecule has 6 nitrogen and oxygen atoms in total. The second-order valence-corrected chi connectivity index (χ2v) is 7.81. The van der Waals surface area contributed by atoms with Gasteiger partial charge < -0.3 is 20.3 Å². The van der Waals surface area contributed by atoms with Gasteiger partial charge in [0, 0.05) is 23.3 Å². The van der Waals surface area contributed by atoms with E-state index in [4.69, 9.17) is 4.74 Å². The van der Waals surface area contributed by atoms with Crippen molar-refractivity contribution < 1.29 is 14.3 Å². The predicted octanol–water partition coefficient (Wildman–Crippen LogP) is 4.66. The smallest absolute Gasteiger partial charge is 0.323 e. The molecule has 0 aromatic heterocycles. The molecular weight excluding hydrogens is 354 g/mol. The van der Waals surface area contributed by atoms with Crippen molar-refractivity contribution in [1.82, 2.24) is 0 Å². The van der Waals surface area contributed by atoms with Crippen LogP contribution in [0.25, 0.3) is 0 Å². The molecule has 2 N–H and O–H groups in total. The number of nitrogens with one attached hydrogen (secondary N) is 2. The lowest BCUT2D eigenvalue weighted by Gasteiger charge is -2.26. The zero-order chi connectivity index (χ0) is 20.3. The van der Waals surface area contributed by atoms with Crippen molar-refractivity contribution in [3.63, 3.8) is 0 Å². The van der Waals surface area contributed by atoms with Crippen molar-refractivity contribution in [2.75, 3.05) is 28.7 Å². The highest BCUT2D eigenvalue weighted by Crippen LogP contribution is 2.34. The Kier molecular flexibility index (Phi) is 5.58. The molecule has 0 fully saturated rings. The Bertz CT molecular complexity index is 887. The van der Waals surface area contributed by atoms with Crippen molar-refractivity contribution in [2.45, 2.75) is 34.1 Å². The summed E-state index contributed by atoms with van der Waals surface area (Å²) in [6.45, 7) is 8.83.